The number of hydrogen-bond donors (Lipinski definition) is 2. The van der Waals surface area contributed by atoms with Gasteiger partial charge in [0.25, 0.3) is 5.91 Å². The van der Waals surface area contributed by atoms with Gasteiger partial charge in [-0.3, -0.25) is 4.79 Å². The number of halogens is 2. The zero-order valence-corrected chi connectivity index (χ0v) is 10.0. The van der Waals surface area contributed by atoms with E-state index in [4.69, 9.17) is 5.73 Å². The van der Waals surface area contributed by atoms with Crippen molar-refractivity contribution < 1.29 is 18.3 Å². The zero-order chi connectivity index (χ0) is 13.5. The first-order valence-corrected chi connectivity index (χ1v) is 5.57. The molecule has 18 heavy (non-hydrogen) atoms. The van der Waals surface area contributed by atoms with Crippen molar-refractivity contribution in [1.29, 1.82) is 0 Å². The third-order valence-corrected chi connectivity index (χ3v) is 2.23. The van der Waals surface area contributed by atoms with Crippen molar-refractivity contribution >= 4 is 5.91 Å². The van der Waals surface area contributed by atoms with Crippen molar-refractivity contribution in [3.05, 3.63) is 29.8 Å². The van der Waals surface area contributed by atoms with Gasteiger partial charge in [0.2, 0.25) is 0 Å². The summed E-state index contributed by atoms with van der Waals surface area (Å²) in [7, 11) is 0. The van der Waals surface area contributed by atoms with Crippen LogP contribution < -0.4 is 15.8 Å². The SMILES string of the molecule is CC(N)CCNC(=O)c1ccc(OC(F)F)cc1. The molecule has 3 N–H and O–H groups in total. The van der Waals surface area contributed by atoms with Crippen molar-refractivity contribution in [3.8, 4) is 5.75 Å². The Labute approximate surface area is 104 Å². The molecule has 1 atom stereocenters. The molecule has 0 aliphatic carbocycles. The number of amides is 1. The number of carbonyl (C=O) groups excluding carboxylic acids is 1. The van der Waals surface area contributed by atoms with Crippen LogP contribution in [0.5, 0.6) is 5.75 Å². The molecule has 1 rings (SSSR count). The number of alkyl halides is 2. The van der Waals surface area contributed by atoms with Gasteiger partial charge < -0.3 is 15.8 Å². The highest BCUT2D eigenvalue weighted by Crippen LogP contribution is 2.14. The standard InChI is InChI=1S/C12H16F2N2O2/c1-8(15)6-7-16-11(17)9-2-4-10(5-3-9)18-12(13)14/h2-5,8,12H,6-7,15H2,1H3,(H,16,17). The van der Waals surface area contributed by atoms with E-state index in [1.54, 1.807) is 0 Å². The molecule has 0 saturated heterocycles. The van der Waals surface area contributed by atoms with Crippen molar-refractivity contribution in [2.75, 3.05) is 6.54 Å². The summed E-state index contributed by atoms with van der Waals surface area (Å²) < 4.78 is 28.0. The summed E-state index contributed by atoms with van der Waals surface area (Å²) in [4.78, 5) is 11.6. The fourth-order valence-electron chi connectivity index (χ4n) is 1.30. The van der Waals surface area contributed by atoms with Crippen LogP contribution in [0.15, 0.2) is 24.3 Å². The van der Waals surface area contributed by atoms with Gasteiger partial charge in [-0.15, -0.1) is 0 Å². The highest BCUT2D eigenvalue weighted by Gasteiger charge is 2.07. The summed E-state index contributed by atoms with van der Waals surface area (Å²) in [6, 6.07) is 5.53. The lowest BCUT2D eigenvalue weighted by atomic mass is 10.2. The minimum absolute atomic E-state index is 0.0205. The molecule has 1 unspecified atom stereocenters. The van der Waals surface area contributed by atoms with Crippen LogP contribution in [0.1, 0.15) is 23.7 Å². The second-order valence-electron chi connectivity index (χ2n) is 3.92. The summed E-state index contributed by atoms with van der Waals surface area (Å²) in [6.07, 6.45) is 0.679. The summed E-state index contributed by atoms with van der Waals surface area (Å²) in [5.41, 5.74) is 5.93. The lowest BCUT2D eigenvalue weighted by molar-refractivity contribution is -0.0498. The normalized spacial score (nSPS) is 12.3. The number of hydrogen-bond acceptors (Lipinski definition) is 3. The first-order chi connectivity index (χ1) is 8.49. The molecule has 0 fully saturated rings. The maximum Gasteiger partial charge on any atom is 0.387 e. The third-order valence-electron chi connectivity index (χ3n) is 2.23. The average molecular weight is 258 g/mol. The number of carbonyl (C=O) groups is 1. The van der Waals surface area contributed by atoms with Gasteiger partial charge in [0, 0.05) is 18.2 Å². The van der Waals surface area contributed by atoms with Crippen LogP contribution in [0.3, 0.4) is 0 Å². The van der Waals surface area contributed by atoms with Gasteiger partial charge in [0.1, 0.15) is 5.75 Å². The van der Waals surface area contributed by atoms with Crippen molar-refractivity contribution in [2.24, 2.45) is 5.73 Å². The predicted octanol–water partition coefficient (Wildman–Crippen LogP) is 1.76. The van der Waals surface area contributed by atoms with Crippen molar-refractivity contribution in [1.82, 2.24) is 5.32 Å². The lowest BCUT2D eigenvalue weighted by Crippen LogP contribution is -2.28. The van der Waals surface area contributed by atoms with Crippen molar-refractivity contribution in [2.45, 2.75) is 26.0 Å². The fraction of sp³-hybridized carbons (Fsp3) is 0.417. The van der Waals surface area contributed by atoms with E-state index in [-0.39, 0.29) is 17.7 Å². The first kappa shape index (κ1) is 14.4. The van der Waals surface area contributed by atoms with Crippen LogP contribution in [-0.4, -0.2) is 25.1 Å². The van der Waals surface area contributed by atoms with Crippen molar-refractivity contribution in [3.63, 3.8) is 0 Å². The number of benzene rings is 1. The molecular weight excluding hydrogens is 242 g/mol. The van der Waals surface area contributed by atoms with Crippen LogP contribution in [0.4, 0.5) is 8.78 Å². The van der Waals surface area contributed by atoms with Crippen LogP contribution in [0.25, 0.3) is 0 Å². The topological polar surface area (TPSA) is 64.3 Å². The molecule has 0 bridgehead atoms. The first-order valence-electron chi connectivity index (χ1n) is 5.57. The van der Waals surface area contributed by atoms with E-state index < -0.39 is 6.61 Å². The second-order valence-corrected chi connectivity index (χ2v) is 3.92. The van der Waals surface area contributed by atoms with E-state index >= 15 is 0 Å². The second kappa shape index (κ2) is 6.90. The minimum atomic E-state index is -2.87. The molecular formula is C12H16F2N2O2. The Balaban J connectivity index is 2.48. The van der Waals surface area contributed by atoms with Crippen LogP contribution in [0, 0.1) is 0 Å². The van der Waals surface area contributed by atoms with Gasteiger partial charge in [-0.25, -0.2) is 0 Å². The Hall–Kier alpha value is -1.69. The highest BCUT2D eigenvalue weighted by atomic mass is 19.3. The molecule has 0 heterocycles. The van der Waals surface area contributed by atoms with E-state index in [0.29, 0.717) is 18.5 Å². The van der Waals surface area contributed by atoms with Gasteiger partial charge in [-0.1, -0.05) is 0 Å². The Morgan fingerprint density at radius 1 is 1.39 bits per heavy atom. The van der Waals surface area contributed by atoms with Gasteiger partial charge in [0.15, 0.2) is 0 Å². The Kier molecular flexibility index (Phi) is 5.51. The summed E-state index contributed by atoms with van der Waals surface area (Å²) >= 11 is 0. The molecule has 1 aromatic rings. The summed E-state index contributed by atoms with van der Waals surface area (Å²) in [5.74, 6) is -0.239. The van der Waals surface area contributed by atoms with E-state index in [9.17, 15) is 13.6 Å². The van der Waals surface area contributed by atoms with Gasteiger partial charge in [0.05, 0.1) is 0 Å². The largest absolute Gasteiger partial charge is 0.435 e. The number of nitrogens with two attached hydrogens (primary N) is 1. The monoisotopic (exact) mass is 258 g/mol. The fourth-order valence-corrected chi connectivity index (χ4v) is 1.30. The molecule has 0 saturated carbocycles. The van der Waals surface area contributed by atoms with Gasteiger partial charge in [-0.2, -0.15) is 8.78 Å². The van der Waals surface area contributed by atoms with E-state index in [1.807, 2.05) is 6.92 Å². The summed E-state index contributed by atoms with van der Waals surface area (Å²) in [5, 5.41) is 2.68. The molecule has 4 nitrogen and oxygen atoms in total. The molecule has 1 aromatic carbocycles. The summed E-state index contributed by atoms with van der Waals surface area (Å²) in [6.45, 7) is -0.537. The molecule has 0 spiro atoms. The maximum absolute atomic E-state index is 11.9. The van der Waals surface area contributed by atoms with E-state index in [1.165, 1.54) is 24.3 Å². The van der Waals surface area contributed by atoms with E-state index in [2.05, 4.69) is 10.1 Å². The van der Waals surface area contributed by atoms with Gasteiger partial charge in [-0.05, 0) is 37.6 Å². The molecule has 0 radical (unpaired) electrons. The number of ether oxygens (including phenoxy) is 1. The Morgan fingerprint density at radius 2 is 2.00 bits per heavy atom. The molecule has 100 valence electrons. The molecule has 0 aromatic heterocycles. The third kappa shape index (κ3) is 5.09. The number of nitrogens with one attached hydrogen (secondary N) is 1. The maximum atomic E-state index is 11.9. The smallest absolute Gasteiger partial charge is 0.387 e. The van der Waals surface area contributed by atoms with E-state index in [0.717, 1.165) is 0 Å². The predicted molar refractivity (Wildman–Crippen MR) is 63.7 cm³/mol. The Bertz CT molecular complexity index is 380. The minimum Gasteiger partial charge on any atom is -0.435 e. The molecule has 6 heteroatoms. The molecule has 0 aliphatic heterocycles. The Morgan fingerprint density at radius 3 is 2.50 bits per heavy atom. The van der Waals surface area contributed by atoms with Crippen LogP contribution in [-0.2, 0) is 0 Å². The molecule has 1 amide bonds. The van der Waals surface area contributed by atoms with Crippen LogP contribution >= 0.6 is 0 Å². The highest BCUT2D eigenvalue weighted by molar-refractivity contribution is 5.94. The zero-order valence-electron chi connectivity index (χ0n) is 10.0. The quantitative estimate of drug-likeness (QED) is 0.817. The average Bonchev–Trinajstić information content (AvgIpc) is 2.28. The van der Waals surface area contributed by atoms with Crippen LogP contribution in [0.2, 0.25) is 0 Å². The van der Waals surface area contributed by atoms with Gasteiger partial charge >= 0.3 is 6.61 Å². The number of rotatable bonds is 6. The molecule has 0 aliphatic rings. The lowest BCUT2D eigenvalue weighted by Gasteiger charge is -2.08.